The van der Waals surface area contributed by atoms with E-state index in [0.29, 0.717) is 6.42 Å². The summed E-state index contributed by atoms with van der Waals surface area (Å²) in [5, 5.41) is 33.0. The van der Waals surface area contributed by atoms with Crippen molar-refractivity contribution >= 4 is 53.3 Å². The van der Waals surface area contributed by atoms with E-state index in [1.165, 1.54) is 6.92 Å². The average Bonchev–Trinajstić information content (AvgIpc) is 3.47. The number of carbonyl (C=O) groups is 8. The van der Waals surface area contributed by atoms with Gasteiger partial charge < -0.3 is 58.5 Å². The van der Waals surface area contributed by atoms with E-state index in [9.17, 15) is 48.6 Å². The van der Waals surface area contributed by atoms with Crippen molar-refractivity contribution in [1.82, 2.24) is 36.8 Å². The number of aliphatic imine (C=N–C) groups is 1. The summed E-state index contributed by atoms with van der Waals surface area (Å²) >= 11 is 0. The van der Waals surface area contributed by atoms with Crippen molar-refractivity contribution < 1.29 is 48.6 Å². The molecule has 0 saturated carbocycles. The second kappa shape index (κ2) is 17.3. The predicted octanol–water partition coefficient (Wildman–Crippen LogP) is -6.30. The molecular formula is C25H40N10O10. The normalized spacial score (nSPS) is 26.1. The third-order valence-corrected chi connectivity index (χ3v) is 6.86. The van der Waals surface area contributed by atoms with Crippen LogP contribution in [-0.2, 0) is 38.4 Å². The lowest BCUT2D eigenvalue weighted by Gasteiger charge is -2.29. The van der Waals surface area contributed by atoms with Gasteiger partial charge in [-0.05, 0) is 32.6 Å². The van der Waals surface area contributed by atoms with Crippen LogP contribution in [0.25, 0.3) is 0 Å². The van der Waals surface area contributed by atoms with Gasteiger partial charge in [-0.2, -0.15) is 0 Å². The Morgan fingerprint density at radius 2 is 1.49 bits per heavy atom. The molecule has 5 atom stereocenters. The van der Waals surface area contributed by atoms with Gasteiger partial charge in [-0.3, -0.25) is 43.3 Å². The minimum Gasteiger partial charge on any atom is -0.481 e. The van der Waals surface area contributed by atoms with Crippen LogP contribution in [0.1, 0.15) is 39.0 Å². The molecule has 0 aromatic rings. The number of carbonyl (C=O) groups excluding carboxylic acids is 7. The Morgan fingerprint density at radius 3 is 2.09 bits per heavy atom. The van der Waals surface area contributed by atoms with E-state index in [1.54, 1.807) is 0 Å². The fourth-order valence-corrected chi connectivity index (χ4v) is 4.59. The maximum absolute atomic E-state index is 13.2. The molecule has 2 fully saturated rings. The number of guanidine groups is 1. The lowest BCUT2D eigenvalue weighted by atomic mass is 10.1. The first-order valence-corrected chi connectivity index (χ1v) is 14.2. The van der Waals surface area contributed by atoms with Gasteiger partial charge in [-0.25, -0.2) is 0 Å². The van der Waals surface area contributed by atoms with Gasteiger partial charge in [0.25, 0.3) is 0 Å². The first-order chi connectivity index (χ1) is 21.2. The van der Waals surface area contributed by atoms with Crippen LogP contribution in [0.3, 0.4) is 0 Å². The van der Waals surface area contributed by atoms with E-state index in [2.05, 4.69) is 36.9 Å². The monoisotopic (exact) mass is 640 g/mol. The quantitative estimate of drug-likeness (QED) is 0.0706. The number of amides is 7. The number of nitrogens with one attached hydrogen (secondary N) is 6. The molecule has 2 aliphatic rings. The molecule has 2 rings (SSSR count). The maximum Gasteiger partial charge on any atom is 0.305 e. The number of aliphatic carboxylic acids is 1. The second-order valence-electron chi connectivity index (χ2n) is 10.4. The van der Waals surface area contributed by atoms with Crippen LogP contribution in [0.2, 0.25) is 0 Å². The van der Waals surface area contributed by atoms with Crippen LogP contribution >= 0.6 is 0 Å². The third-order valence-electron chi connectivity index (χ3n) is 6.86. The van der Waals surface area contributed by atoms with Crippen molar-refractivity contribution in [2.24, 2.45) is 16.5 Å². The van der Waals surface area contributed by atoms with Gasteiger partial charge in [-0.1, -0.05) is 0 Å². The zero-order valence-electron chi connectivity index (χ0n) is 24.7. The number of nitrogens with zero attached hydrogens (tertiary/aromatic N) is 2. The summed E-state index contributed by atoms with van der Waals surface area (Å²) in [7, 11) is 0. The summed E-state index contributed by atoms with van der Waals surface area (Å²) in [5.41, 5.74) is 10.6. The first kappa shape index (κ1) is 36.2. The number of hydrogen-bond acceptors (Lipinski definition) is 10. The number of aliphatic hydroxyl groups excluding tert-OH is 1. The summed E-state index contributed by atoms with van der Waals surface area (Å²) in [6.07, 6.45) is -0.0670. The SMILES string of the molecule is C[C@@H]1NC(=O)[C@@H]2CCCN2C(=O)[C@H](CO)NC(=O)[C@H](CC(=O)O)NC(=O)CNC(=O)[C@@H](CCCN=C(N)N)NC(=O)CNC1=O. The third kappa shape index (κ3) is 11.5. The Balaban J connectivity index is 2.33. The predicted molar refractivity (Wildman–Crippen MR) is 153 cm³/mol. The molecule has 0 aliphatic carbocycles. The van der Waals surface area contributed by atoms with Crippen LogP contribution in [0.5, 0.6) is 0 Å². The number of aliphatic hydroxyl groups is 1. The van der Waals surface area contributed by atoms with Crippen LogP contribution < -0.4 is 43.4 Å². The van der Waals surface area contributed by atoms with E-state index in [0.717, 1.165) is 4.90 Å². The Morgan fingerprint density at radius 1 is 0.867 bits per heavy atom. The molecule has 45 heavy (non-hydrogen) atoms. The van der Waals surface area contributed by atoms with Gasteiger partial charge in [0.2, 0.25) is 41.4 Å². The van der Waals surface area contributed by atoms with Crippen molar-refractivity contribution in [1.29, 1.82) is 0 Å². The number of carboxylic acids is 1. The summed E-state index contributed by atoms with van der Waals surface area (Å²) in [6.45, 7) is -0.671. The van der Waals surface area contributed by atoms with Gasteiger partial charge >= 0.3 is 5.97 Å². The lowest BCUT2D eigenvalue weighted by molar-refractivity contribution is -0.144. The number of rotatable bonds is 7. The maximum atomic E-state index is 13.2. The highest BCUT2D eigenvalue weighted by Crippen LogP contribution is 2.19. The highest BCUT2D eigenvalue weighted by Gasteiger charge is 2.39. The summed E-state index contributed by atoms with van der Waals surface area (Å²) in [4.78, 5) is 106. The molecule has 20 nitrogen and oxygen atoms in total. The molecule has 0 aromatic heterocycles. The van der Waals surface area contributed by atoms with Crippen molar-refractivity contribution in [3.05, 3.63) is 0 Å². The first-order valence-electron chi connectivity index (χ1n) is 14.2. The van der Waals surface area contributed by atoms with Crippen molar-refractivity contribution in [2.75, 3.05) is 32.8 Å². The molecule has 0 bridgehead atoms. The van der Waals surface area contributed by atoms with Crippen LogP contribution in [0.15, 0.2) is 4.99 Å². The minimum atomic E-state index is -1.71. The molecule has 250 valence electrons. The fraction of sp³-hybridized carbons (Fsp3) is 0.640. The van der Waals surface area contributed by atoms with Crippen molar-refractivity contribution in [3.63, 3.8) is 0 Å². The standard InChI is InChI=1S/C25H40N10O10/c1-12-20(41)29-9-17(37)32-13(4-2-6-28-25(26)27)21(42)30-10-18(38)33-14(8-19(39)40)22(43)34-15(11-36)24(45)35-7-3-5-16(35)23(44)31-12/h12-16,36H,2-11H2,1H3,(H,29,41)(H,30,42)(H,31,44)(H,32,37)(H,33,38)(H,34,43)(H,39,40)(H4,26,27,28)/t12-,13+,14-,15-,16-/m0/s1. The Kier molecular flexibility index (Phi) is 13.9. The van der Waals surface area contributed by atoms with E-state index in [4.69, 9.17) is 11.5 Å². The molecule has 2 aliphatic heterocycles. The molecule has 0 aromatic carbocycles. The highest BCUT2D eigenvalue weighted by atomic mass is 16.4. The molecule has 12 N–H and O–H groups in total. The molecule has 7 amide bonds. The van der Waals surface area contributed by atoms with E-state index in [1.807, 2.05) is 0 Å². The molecule has 0 unspecified atom stereocenters. The highest BCUT2D eigenvalue weighted by molar-refractivity contribution is 5.98. The van der Waals surface area contributed by atoms with Gasteiger partial charge in [-0.15, -0.1) is 0 Å². The number of hydrogen-bond donors (Lipinski definition) is 10. The molecule has 0 radical (unpaired) electrons. The van der Waals surface area contributed by atoms with Crippen LogP contribution in [-0.4, -0.2) is 131 Å². The average molecular weight is 641 g/mol. The molecular weight excluding hydrogens is 600 g/mol. The lowest BCUT2D eigenvalue weighted by Crippen LogP contribution is -2.59. The summed E-state index contributed by atoms with van der Waals surface area (Å²) in [6, 6.07) is -6.72. The second-order valence-corrected chi connectivity index (χ2v) is 10.4. The molecule has 2 heterocycles. The number of fused-ring (bicyclic) bond motifs is 1. The fourth-order valence-electron chi connectivity index (χ4n) is 4.59. The van der Waals surface area contributed by atoms with E-state index in [-0.39, 0.29) is 38.3 Å². The minimum absolute atomic E-state index is 0.00882. The van der Waals surface area contributed by atoms with Crippen LogP contribution in [0, 0.1) is 0 Å². The topological polar surface area (TPSA) is 317 Å². The van der Waals surface area contributed by atoms with Crippen molar-refractivity contribution in [3.8, 4) is 0 Å². The van der Waals surface area contributed by atoms with E-state index < -0.39 is 104 Å². The smallest absolute Gasteiger partial charge is 0.305 e. The van der Waals surface area contributed by atoms with Gasteiger partial charge in [0.05, 0.1) is 26.1 Å². The van der Waals surface area contributed by atoms with E-state index >= 15 is 0 Å². The largest absolute Gasteiger partial charge is 0.481 e. The molecule has 2 saturated heterocycles. The zero-order chi connectivity index (χ0) is 33.7. The Labute approximate surface area is 257 Å². The number of nitrogens with two attached hydrogens (primary N) is 2. The zero-order valence-corrected chi connectivity index (χ0v) is 24.7. The summed E-state index contributed by atoms with van der Waals surface area (Å²) in [5.74, 6) is -7.66. The van der Waals surface area contributed by atoms with Gasteiger partial charge in [0.15, 0.2) is 5.96 Å². The van der Waals surface area contributed by atoms with Crippen LogP contribution in [0.4, 0.5) is 0 Å². The Bertz CT molecular complexity index is 1190. The summed E-state index contributed by atoms with van der Waals surface area (Å²) < 4.78 is 0. The number of carboxylic acid groups (broad SMARTS) is 1. The Hall–Kier alpha value is -5.01. The molecule has 0 spiro atoms. The van der Waals surface area contributed by atoms with Gasteiger partial charge in [0, 0.05) is 13.1 Å². The van der Waals surface area contributed by atoms with Crippen molar-refractivity contribution in [2.45, 2.75) is 69.2 Å². The molecule has 20 heteroatoms. The van der Waals surface area contributed by atoms with Gasteiger partial charge in [0.1, 0.15) is 30.2 Å².